The summed E-state index contributed by atoms with van der Waals surface area (Å²) in [5, 5.41) is 18.2. The van der Waals surface area contributed by atoms with E-state index < -0.39 is 41.9 Å². The highest BCUT2D eigenvalue weighted by Gasteiger charge is 2.46. The number of anilines is 1. The molecule has 3 heterocycles. The number of benzene rings is 1. The minimum Gasteiger partial charge on any atom is -0.462 e. The first-order valence-corrected chi connectivity index (χ1v) is 23.3. The van der Waals surface area contributed by atoms with Gasteiger partial charge in [0, 0.05) is 37.5 Å². The molecule has 5 amide bonds. The van der Waals surface area contributed by atoms with E-state index in [1.807, 2.05) is 0 Å². The number of carbonyl (C=O) groups is 6. The summed E-state index contributed by atoms with van der Waals surface area (Å²) in [5.41, 5.74) is 2.06. The molecule has 19 nitrogen and oxygen atoms in total. The molecule has 5 aliphatic rings. The summed E-state index contributed by atoms with van der Waals surface area (Å²) in [7, 11) is 0. The van der Waals surface area contributed by atoms with Crippen LogP contribution >= 0.6 is 0 Å². The molecule has 2 fully saturated rings. The van der Waals surface area contributed by atoms with Crippen molar-refractivity contribution in [2.75, 3.05) is 97.7 Å². The Kier molecular flexibility index (Phi) is 19.9. The quantitative estimate of drug-likeness (QED) is 0.0564. The number of rotatable bonds is 27. The van der Waals surface area contributed by atoms with Crippen LogP contribution in [0.25, 0.3) is 0 Å². The molecule has 8 atom stereocenters. The molecular formula is C47H66N4O15. The van der Waals surface area contributed by atoms with Gasteiger partial charge >= 0.3 is 12.1 Å². The van der Waals surface area contributed by atoms with Crippen molar-refractivity contribution in [2.45, 2.75) is 83.1 Å². The molecule has 0 aromatic heterocycles. The zero-order valence-corrected chi connectivity index (χ0v) is 38.0. The van der Waals surface area contributed by atoms with Gasteiger partial charge in [-0.2, -0.15) is 0 Å². The van der Waals surface area contributed by atoms with E-state index in [1.165, 1.54) is 5.57 Å². The summed E-state index contributed by atoms with van der Waals surface area (Å²) in [5.74, 6) is -1.77. The van der Waals surface area contributed by atoms with E-state index in [-0.39, 0.29) is 72.2 Å². The number of fused-ring (bicyclic) bond motifs is 2. The van der Waals surface area contributed by atoms with Gasteiger partial charge in [0.15, 0.2) is 0 Å². The number of aliphatic hydroxyl groups excluding tert-OH is 1. The molecule has 0 radical (unpaired) electrons. The topological polar surface area (TPSA) is 236 Å². The summed E-state index contributed by atoms with van der Waals surface area (Å²) in [6.45, 7) is 9.50. The average molecular weight is 927 g/mol. The van der Waals surface area contributed by atoms with E-state index in [0.717, 1.165) is 17.7 Å². The molecule has 2 aliphatic carbocycles. The number of cyclic esters (lactones) is 1. The Hall–Kier alpha value is -4.76. The van der Waals surface area contributed by atoms with Crippen LogP contribution in [0, 0.1) is 23.7 Å². The third-order valence-electron chi connectivity index (χ3n) is 12.3. The number of alkyl carbamates (subject to hydrolysis) is 1. The maximum Gasteiger partial charge on any atom is 0.407 e. The Morgan fingerprint density at radius 3 is 2.09 bits per heavy atom. The molecule has 1 unspecified atom stereocenters. The van der Waals surface area contributed by atoms with Crippen LogP contribution in [-0.4, -0.2) is 162 Å². The number of allylic oxidation sites excluding steroid dienone is 3. The van der Waals surface area contributed by atoms with Gasteiger partial charge in [-0.3, -0.25) is 34.2 Å². The molecule has 6 rings (SSSR count). The summed E-state index contributed by atoms with van der Waals surface area (Å²) in [6, 6.07) is 3.87. The first-order chi connectivity index (χ1) is 32.0. The van der Waals surface area contributed by atoms with E-state index in [2.05, 4.69) is 48.0 Å². The third-order valence-corrected chi connectivity index (χ3v) is 12.3. The Bertz CT molecular complexity index is 1890. The van der Waals surface area contributed by atoms with Gasteiger partial charge in [-0.25, -0.2) is 4.79 Å². The predicted molar refractivity (Wildman–Crippen MR) is 236 cm³/mol. The third kappa shape index (κ3) is 14.6. The number of amides is 5. The highest BCUT2D eigenvalue weighted by Crippen LogP contribution is 2.45. The van der Waals surface area contributed by atoms with E-state index in [0.29, 0.717) is 111 Å². The summed E-state index contributed by atoms with van der Waals surface area (Å²) < 4.78 is 44.9. The second-order valence-corrected chi connectivity index (χ2v) is 17.2. The molecule has 66 heavy (non-hydrogen) atoms. The maximum atomic E-state index is 13.2. The molecule has 364 valence electrons. The number of piperidine rings is 1. The van der Waals surface area contributed by atoms with Crippen molar-refractivity contribution >= 4 is 41.4 Å². The lowest BCUT2D eigenvalue weighted by Gasteiger charge is -2.43. The molecule has 19 heteroatoms. The molecule has 0 bridgehead atoms. The number of hydrogen-bond donors (Lipinski definition) is 4. The summed E-state index contributed by atoms with van der Waals surface area (Å²) >= 11 is 0. The maximum absolute atomic E-state index is 13.2. The fraction of sp³-hybridized carbons (Fsp3) is 0.660. The molecule has 0 spiro atoms. The average Bonchev–Trinajstić information content (AvgIpc) is 3.53. The number of aliphatic hydroxyl groups is 1. The van der Waals surface area contributed by atoms with Crippen molar-refractivity contribution in [3.63, 3.8) is 0 Å². The smallest absolute Gasteiger partial charge is 0.407 e. The normalized spacial score (nSPS) is 26.1. The Balaban J connectivity index is 0.712. The number of nitrogens with one attached hydrogen (secondary N) is 3. The SMILES string of the molecule is C[C@H]1C=C2C=C[C@H](C)[C@H](CC[C@@H]3C[C@@H](O)CC(=O)O3)[C@H]2[C@@H](OC(=O)NCCOCCOCCOCCOCCOCCOCCNc2cccc3c2C(=O)N(C2CCC(=O)NC2=O)C3=O)C1. The Morgan fingerprint density at radius 1 is 0.818 bits per heavy atom. The zero-order valence-electron chi connectivity index (χ0n) is 38.0. The number of hydrogen-bond acceptors (Lipinski definition) is 16. The minimum atomic E-state index is -1.02. The monoisotopic (exact) mass is 926 g/mol. The molecular weight excluding hydrogens is 861 g/mol. The van der Waals surface area contributed by atoms with Crippen LogP contribution < -0.4 is 16.0 Å². The van der Waals surface area contributed by atoms with Gasteiger partial charge in [0.2, 0.25) is 11.8 Å². The largest absolute Gasteiger partial charge is 0.462 e. The Morgan fingerprint density at radius 2 is 1.45 bits per heavy atom. The predicted octanol–water partition coefficient (Wildman–Crippen LogP) is 2.95. The lowest BCUT2D eigenvalue weighted by Crippen LogP contribution is -2.54. The van der Waals surface area contributed by atoms with Crippen molar-refractivity contribution in [2.24, 2.45) is 23.7 Å². The van der Waals surface area contributed by atoms with Crippen LogP contribution in [0.4, 0.5) is 10.5 Å². The van der Waals surface area contributed by atoms with Gasteiger partial charge in [0.05, 0.1) is 103 Å². The van der Waals surface area contributed by atoms with Crippen molar-refractivity contribution in [1.29, 1.82) is 0 Å². The first-order valence-electron chi connectivity index (χ1n) is 23.3. The lowest BCUT2D eigenvalue weighted by molar-refractivity contribution is -0.160. The summed E-state index contributed by atoms with van der Waals surface area (Å²) in [6.07, 6.45) is 7.75. The fourth-order valence-corrected chi connectivity index (χ4v) is 9.16. The molecule has 1 aromatic rings. The number of carbonyl (C=O) groups excluding carboxylic acids is 6. The second kappa shape index (κ2) is 26.0. The second-order valence-electron chi connectivity index (χ2n) is 17.2. The molecule has 4 N–H and O–H groups in total. The van der Waals surface area contributed by atoms with Crippen molar-refractivity contribution < 1.29 is 71.8 Å². The number of imide groups is 2. The van der Waals surface area contributed by atoms with Gasteiger partial charge in [0.1, 0.15) is 18.2 Å². The van der Waals surface area contributed by atoms with E-state index in [1.54, 1.807) is 18.2 Å². The Labute approximate surface area is 385 Å². The molecule has 3 aliphatic heterocycles. The minimum absolute atomic E-state index is 0.0455. The molecule has 2 saturated heterocycles. The van der Waals surface area contributed by atoms with Crippen LogP contribution in [0.15, 0.2) is 42.0 Å². The fourth-order valence-electron chi connectivity index (χ4n) is 9.16. The lowest BCUT2D eigenvalue weighted by atomic mass is 9.65. The highest BCUT2D eigenvalue weighted by molar-refractivity contribution is 6.25. The van der Waals surface area contributed by atoms with E-state index in [9.17, 15) is 33.9 Å². The van der Waals surface area contributed by atoms with Gasteiger partial charge in [-0.1, -0.05) is 38.1 Å². The highest BCUT2D eigenvalue weighted by atomic mass is 16.6. The van der Waals surface area contributed by atoms with Crippen LogP contribution in [0.3, 0.4) is 0 Å². The van der Waals surface area contributed by atoms with Crippen LogP contribution in [0.5, 0.6) is 0 Å². The van der Waals surface area contributed by atoms with Gasteiger partial charge in [-0.15, -0.1) is 0 Å². The van der Waals surface area contributed by atoms with Crippen LogP contribution in [-0.2, 0) is 52.3 Å². The van der Waals surface area contributed by atoms with E-state index >= 15 is 0 Å². The number of ether oxygens (including phenoxy) is 8. The number of esters is 1. The van der Waals surface area contributed by atoms with Crippen molar-refractivity contribution in [3.05, 3.63) is 53.1 Å². The molecule has 0 saturated carbocycles. The van der Waals surface area contributed by atoms with Gasteiger partial charge in [0.25, 0.3) is 11.8 Å². The summed E-state index contributed by atoms with van der Waals surface area (Å²) in [4.78, 5) is 75.8. The first kappa shape index (κ1) is 50.6. The van der Waals surface area contributed by atoms with Crippen molar-refractivity contribution in [1.82, 2.24) is 15.5 Å². The van der Waals surface area contributed by atoms with Crippen LogP contribution in [0.2, 0.25) is 0 Å². The van der Waals surface area contributed by atoms with Crippen molar-refractivity contribution in [3.8, 4) is 0 Å². The number of nitrogens with zero attached hydrogens (tertiary/aromatic N) is 1. The van der Waals surface area contributed by atoms with E-state index in [4.69, 9.17) is 37.9 Å². The molecule has 1 aromatic carbocycles. The standard InChI is InChI=1S/C47H66N4O15/c1-30-26-32-7-6-31(2)35(9-8-34-28-33(52)29-41(54)65-34)42(32)39(27-30)66-47(58)49-13-15-60-17-19-62-21-23-64-25-24-63-22-20-61-18-16-59-14-12-48-37-5-3-4-36-43(37)46(57)51(45(36)56)38-10-11-40(53)50-44(38)55/h3-7,26,30-31,33-35,38-39,42,48,52H,8-25,27-29H2,1-2H3,(H,49,58)(H,50,53,55)/t30-,31-,33+,34+,35-,38?,39-,42-/m0/s1. The zero-order chi connectivity index (χ0) is 46.8. The van der Waals surface area contributed by atoms with Gasteiger partial charge < -0.3 is 53.6 Å². The van der Waals surface area contributed by atoms with Gasteiger partial charge in [-0.05, 0) is 61.1 Å². The van der Waals surface area contributed by atoms with Crippen LogP contribution in [0.1, 0.15) is 79.5 Å².